The van der Waals surface area contributed by atoms with Crippen molar-refractivity contribution in [2.75, 3.05) is 11.4 Å². The number of benzene rings is 2. The Kier molecular flexibility index (Phi) is 9.07. The summed E-state index contributed by atoms with van der Waals surface area (Å²) in [5.74, 6) is -4.73. The van der Waals surface area contributed by atoms with Crippen LogP contribution in [0.2, 0.25) is 5.02 Å². The molecule has 2 aliphatic carbocycles. The van der Waals surface area contributed by atoms with Crippen LogP contribution in [0.5, 0.6) is 5.75 Å². The molecule has 4 aromatic rings. The SMILES string of the molecule is Cc1cc([C@H]2C3=CC[C@@H]4C(=O)N(CCCCCC(=O)O)C(=O)[C@@H]4[C@@H]3C[C@H]3C(=O)N(c4cc(-c5sc6ccc(Cl)cc6c5C)nn4C)C(=O)[C@@]23C)cc(C)c1O. The number of imide groups is 2. The molecular weight excluding hydrogens is 740 g/mol. The highest BCUT2D eigenvalue weighted by molar-refractivity contribution is 7.22. The van der Waals surface area contributed by atoms with E-state index in [-0.39, 0.29) is 48.8 Å². The number of likely N-dealkylation sites (tertiary alicyclic amines) is 1. The normalized spacial score (nSPS) is 26.1. The monoisotopic (exact) mass is 782 g/mol. The van der Waals surface area contributed by atoms with E-state index in [1.807, 2.05) is 50.3 Å². The highest BCUT2D eigenvalue weighted by atomic mass is 35.5. The lowest BCUT2D eigenvalue weighted by Gasteiger charge is -2.49. The number of unbranched alkanes of at least 4 members (excludes halogenated alkanes) is 2. The summed E-state index contributed by atoms with van der Waals surface area (Å²) in [5.41, 5.74) is 3.31. The molecule has 2 aromatic carbocycles. The van der Waals surface area contributed by atoms with E-state index < -0.39 is 41.0 Å². The molecule has 55 heavy (non-hydrogen) atoms. The first kappa shape index (κ1) is 37.1. The minimum Gasteiger partial charge on any atom is -0.507 e. The van der Waals surface area contributed by atoms with Crippen molar-refractivity contribution >= 4 is 68.4 Å². The number of carboxylic acids is 1. The Morgan fingerprint density at radius 3 is 2.42 bits per heavy atom. The molecule has 0 bridgehead atoms. The molecule has 2 aliphatic heterocycles. The Bertz CT molecular complexity index is 2360. The summed E-state index contributed by atoms with van der Waals surface area (Å²) >= 11 is 7.88. The molecule has 2 aromatic heterocycles. The number of aromatic hydroxyl groups is 1. The summed E-state index contributed by atoms with van der Waals surface area (Å²) in [6, 6.07) is 11.3. The number of thiophene rings is 1. The highest BCUT2D eigenvalue weighted by Gasteiger charge is 2.68. The third-order valence-corrected chi connectivity index (χ3v) is 14.2. The molecule has 2 saturated heterocycles. The van der Waals surface area contributed by atoms with Gasteiger partial charge in [0.15, 0.2) is 0 Å². The van der Waals surface area contributed by atoms with Crippen molar-refractivity contribution in [1.29, 1.82) is 0 Å². The van der Waals surface area contributed by atoms with E-state index in [1.165, 1.54) is 9.80 Å². The molecule has 286 valence electrons. The number of phenolic OH excluding ortho intramolecular Hbond substituents is 1. The van der Waals surface area contributed by atoms with Crippen LogP contribution in [0.15, 0.2) is 48.0 Å². The number of carbonyl (C=O) groups excluding carboxylic acids is 4. The van der Waals surface area contributed by atoms with Crippen LogP contribution >= 0.6 is 22.9 Å². The first-order valence-corrected chi connectivity index (χ1v) is 20.0. The molecule has 0 unspecified atom stereocenters. The van der Waals surface area contributed by atoms with Crippen molar-refractivity contribution in [3.8, 4) is 16.3 Å². The maximum Gasteiger partial charge on any atom is 0.303 e. The van der Waals surface area contributed by atoms with Gasteiger partial charge in [0.1, 0.15) is 17.3 Å². The van der Waals surface area contributed by atoms with E-state index in [2.05, 4.69) is 0 Å². The third-order valence-electron chi connectivity index (χ3n) is 12.7. The first-order chi connectivity index (χ1) is 26.1. The number of carbonyl (C=O) groups is 5. The number of aromatic nitrogens is 2. The number of aliphatic carboxylic acids is 1. The van der Waals surface area contributed by atoms with Gasteiger partial charge in [-0.25, -0.2) is 4.90 Å². The molecule has 8 rings (SSSR count). The summed E-state index contributed by atoms with van der Waals surface area (Å²) in [6.07, 6.45) is 4.16. The molecule has 0 spiro atoms. The number of fused-ring (bicyclic) bond motifs is 5. The maximum atomic E-state index is 15.1. The number of carboxylic acid groups (broad SMARTS) is 1. The molecule has 3 fully saturated rings. The molecular formula is C42H43ClN4O7S. The van der Waals surface area contributed by atoms with Gasteiger partial charge in [-0.15, -0.1) is 11.3 Å². The Morgan fingerprint density at radius 2 is 1.71 bits per heavy atom. The predicted octanol–water partition coefficient (Wildman–Crippen LogP) is 7.46. The number of hydrogen-bond donors (Lipinski definition) is 2. The van der Waals surface area contributed by atoms with E-state index >= 15 is 4.79 Å². The number of allylic oxidation sites excluding steroid dienone is 2. The van der Waals surface area contributed by atoms with Gasteiger partial charge in [0.25, 0.3) is 0 Å². The van der Waals surface area contributed by atoms with E-state index in [0.717, 1.165) is 31.7 Å². The van der Waals surface area contributed by atoms with Crippen molar-refractivity contribution in [2.24, 2.45) is 36.1 Å². The standard InChI is InChI=1S/C42H43ClN4O7S/c1-20-15-23(16-21(2)36(20)50)35-25-11-12-26-34(40(53)46(38(26)51)14-8-6-7-9-33(48)49)28(25)18-29-39(52)47(41(54)42(29,35)4)32-19-30(44-45(32)5)37-22(3)27-17-24(43)10-13-31(27)55-37/h10-11,13,15-17,19,26,28-29,34-35,50H,6-9,12,14,18H2,1-5H3,(H,48,49)/t26-,28+,29-,34-,35-,42+/m0/s1. The second-order valence-corrected chi connectivity index (χ2v) is 17.4. The molecule has 4 amide bonds. The molecule has 1 saturated carbocycles. The van der Waals surface area contributed by atoms with Crippen LogP contribution in [0.3, 0.4) is 0 Å². The van der Waals surface area contributed by atoms with Gasteiger partial charge in [-0.05, 0) is 105 Å². The number of aryl methyl sites for hydroxylation is 4. The molecule has 6 atom stereocenters. The first-order valence-electron chi connectivity index (χ1n) is 18.8. The smallest absolute Gasteiger partial charge is 0.303 e. The zero-order valence-electron chi connectivity index (χ0n) is 31.4. The van der Waals surface area contributed by atoms with Crippen molar-refractivity contribution < 1.29 is 34.2 Å². The summed E-state index contributed by atoms with van der Waals surface area (Å²) in [6.45, 7) is 7.68. The number of hydrogen-bond acceptors (Lipinski definition) is 8. The van der Waals surface area contributed by atoms with Crippen LogP contribution < -0.4 is 4.90 Å². The fraction of sp³-hybridized carbons (Fsp3) is 0.429. The van der Waals surface area contributed by atoms with E-state index in [0.29, 0.717) is 53.3 Å². The lowest BCUT2D eigenvalue weighted by Crippen LogP contribution is -2.49. The van der Waals surface area contributed by atoms with Gasteiger partial charge in [-0.1, -0.05) is 41.8 Å². The van der Waals surface area contributed by atoms with Gasteiger partial charge in [-0.3, -0.25) is 33.6 Å². The Balaban J connectivity index is 1.19. The Hall–Kier alpha value is -4.81. The van der Waals surface area contributed by atoms with E-state index in [1.54, 1.807) is 43.0 Å². The summed E-state index contributed by atoms with van der Waals surface area (Å²) in [5, 5.41) is 26.2. The summed E-state index contributed by atoms with van der Waals surface area (Å²) in [7, 11) is 1.72. The fourth-order valence-corrected chi connectivity index (χ4v) is 11.3. The lowest BCUT2D eigenvalue weighted by molar-refractivity contribution is -0.141. The summed E-state index contributed by atoms with van der Waals surface area (Å²) in [4.78, 5) is 72.5. The van der Waals surface area contributed by atoms with Crippen molar-refractivity contribution in [2.45, 2.75) is 72.1 Å². The molecule has 11 nitrogen and oxygen atoms in total. The van der Waals surface area contributed by atoms with Crippen LogP contribution in [0, 0.1) is 49.9 Å². The highest BCUT2D eigenvalue weighted by Crippen LogP contribution is 2.64. The second-order valence-electron chi connectivity index (χ2n) is 15.9. The van der Waals surface area contributed by atoms with Gasteiger partial charge in [0.05, 0.1) is 28.0 Å². The molecule has 0 radical (unpaired) electrons. The van der Waals surface area contributed by atoms with Crippen LogP contribution in [0.25, 0.3) is 20.7 Å². The molecule has 4 heterocycles. The van der Waals surface area contributed by atoms with Crippen LogP contribution in [-0.2, 0) is 31.0 Å². The van der Waals surface area contributed by atoms with Crippen LogP contribution in [-0.4, -0.2) is 61.0 Å². The number of anilines is 1. The average Bonchev–Trinajstić information content (AvgIpc) is 3.80. The molecule has 4 aliphatic rings. The Morgan fingerprint density at radius 1 is 0.982 bits per heavy atom. The summed E-state index contributed by atoms with van der Waals surface area (Å²) < 4.78 is 2.62. The van der Waals surface area contributed by atoms with E-state index in [4.69, 9.17) is 21.8 Å². The van der Waals surface area contributed by atoms with Gasteiger partial charge in [-0.2, -0.15) is 5.10 Å². The van der Waals surface area contributed by atoms with Crippen molar-refractivity contribution in [3.63, 3.8) is 0 Å². The number of nitrogens with zero attached hydrogens (tertiary/aromatic N) is 4. The number of halogens is 1. The topological polar surface area (TPSA) is 150 Å². The maximum absolute atomic E-state index is 15.1. The van der Waals surface area contributed by atoms with Gasteiger partial charge >= 0.3 is 5.97 Å². The number of phenols is 1. The minimum absolute atomic E-state index is 0.0319. The number of rotatable bonds is 9. The van der Waals surface area contributed by atoms with Gasteiger partial charge < -0.3 is 10.2 Å². The lowest BCUT2D eigenvalue weighted by atomic mass is 9.51. The molecule has 2 N–H and O–H groups in total. The third kappa shape index (κ3) is 5.65. The van der Waals surface area contributed by atoms with Crippen LogP contribution in [0.1, 0.15) is 73.6 Å². The van der Waals surface area contributed by atoms with E-state index in [9.17, 15) is 24.3 Å². The predicted molar refractivity (Wildman–Crippen MR) is 209 cm³/mol. The second kappa shape index (κ2) is 13.4. The quantitative estimate of drug-likeness (QED) is 0.101. The Labute approximate surface area is 327 Å². The average molecular weight is 783 g/mol. The van der Waals surface area contributed by atoms with Gasteiger partial charge in [0.2, 0.25) is 23.6 Å². The molecule has 13 heteroatoms. The fourth-order valence-electron chi connectivity index (χ4n) is 9.99. The number of amides is 4. The van der Waals surface area contributed by atoms with Gasteiger partial charge in [0, 0.05) is 41.7 Å². The zero-order chi connectivity index (χ0) is 39.2. The largest absolute Gasteiger partial charge is 0.507 e. The van der Waals surface area contributed by atoms with Crippen LogP contribution in [0.4, 0.5) is 5.82 Å². The minimum atomic E-state index is -1.24. The zero-order valence-corrected chi connectivity index (χ0v) is 33.0. The van der Waals surface area contributed by atoms with Crippen molar-refractivity contribution in [1.82, 2.24) is 14.7 Å². The van der Waals surface area contributed by atoms with Crippen molar-refractivity contribution in [3.05, 3.63) is 75.3 Å².